The molecular formula is C79H154O17P2. The largest absolute Gasteiger partial charge is 0.472 e. The normalized spacial score (nSPS) is 14.6. The van der Waals surface area contributed by atoms with Crippen LogP contribution in [0.3, 0.4) is 0 Å². The zero-order valence-corrected chi connectivity index (χ0v) is 66.2. The van der Waals surface area contributed by atoms with Crippen molar-refractivity contribution in [1.29, 1.82) is 0 Å². The molecule has 7 atom stereocenters. The summed E-state index contributed by atoms with van der Waals surface area (Å²) in [5.41, 5.74) is 0. The second-order valence-electron chi connectivity index (χ2n) is 29.9. The molecule has 582 valence electrons. The van der Waals surface area contributed by atoms with Crippen LogP contribution in [0, 0.1) is 23.7 Å². The number of aliphatic hydroxyl groups is 1. The molecule has 0 aromatic heterocycles. The Morgan fingerprint density at radius 3 is 0.724 bits per heavy atom. The van der Waals surface area contributed by atoms with E-state index in [1.165, 1.54) is 205 Å². The van der Waals surface area contributed by atoms with Gasteiger partial charge in [-0.3, -0.25) is 37.3 Å². The molecular weight excluding hydrogens is 1280 g/mol. The molecule has 0 radical (unpaired) electrons. The Balaban J connectivity index is 5.27. The van der Waals surface area contributed by atoms with Gasteiger partial charge in [0.05, 0.1) is 26.4 Å². The number of carbonyl (C=O) groups excluding carboxylic acids is 4. The summed E-state index contributed by atoms with van der Waals surface area (Å²) in [6.07, 6.45) is 53.9. The molecule has 0 aliphatic heterocycles. The van der Waals surface area contributed by atoms with E-state index in [0.717, 1.165) is 114 Å². The number of esters is 4. The van der Waals surface area contributed by atoms with Crippen molar-refractivity contribution in [3.05, 3.63) is 0 Å². The first-order valence-corrected chi connectivity index (χ1v) is 43.8. The van der Waals surface area contributed by atoms with Gasteiger partial charge in [0.25, 0.3) is 0 Å². The van der Waals surface area contributed by atoms with Gasteiger partial charge in [-0.05, 0) is 49.4 Å². The van der Waals surface area contributed by atoms with Gasteiger partial charge in [0.1, 0.15) is 19.3 Å². The van der Waals surface area contributed by atoms with Crippen LogP contribution >= 0.6 is 15.6 Å². The minimum Gasteiger partial charge on any atom is -0.462 e. The van der Waals surface area contributed by atoms with Gasteiger partial charge in [0, 0.05) is 25.7 Å². The third-order valence-corrected chi connectivity index (χ3v) is 20.9. The van der Waals surface area contributed by atoms with Crippen LogP contribution in [-0.2, 0) is 65.4 Å². The van der Waals surface area contributed by atoms with Crippen molar-refractivity contribution in [1.82, 2.24) is 0 Å². The molecule has 4 unspecified atom stereocenters. The predicted molar refractivity (Wildman–Crippen MR) is 400 cm³/mol. The third-order valence-electron chi connectivity index (χ3n) is 19.0. The molecule has 0 fully saturated rings. The predicted octanol–water partition coefficient (Wildman–Crippen LogP) is 23.2. The van der Waals surface area contributed by atoms with Crippen LogP contribution in [0.15, 0.2) is 0 Å². The molecule has 0 rings (SSSR count). The molecule has 0 saturated heterocycles. The Bertz CT molecular complexity index is 1920. The number of hydrogen-bond donors (Lipinski definition) is 3. The van der Waals surface area contributed by atoms with Gasteiger partial charge in [-0.1, -0.05) is 351 Å². The third kappa shape index (κ3) is 69.8. The molecule has 19 heteroatoms. The van der Waals surface area contributed by atoms with Crippen molar-refractivity contribution in [2.75, 3.05) is 39.6 Å². The molecule has 0 aromatic rings. The molecule has 0 aliphatic rings. The molecule has 0 aromatic carbocycles. The smallest absolute Gasteiger partial charge is 0.462 e. The topological polar surface area (TPSA) is 237 Å². The van der Waals surface area contributed by atoms with E-state index in [2.05, 4.69) is 55.4 Å². The minimum atomic E-state index is -4.96. The van der Waals surface area contributed by atoms with Crippen molar-refractivity contribution in [3.63, 3.8) is 0 Å². The minimum absolute atomic E-state index is 0.105. The fourth-order valence-corrected chi connectivity index (χ4v) is 13.6. The van der Waals surface area contributed by atoms with E-state index in [4.69, 9.17) is 37.0 Å². The highest BCUT2D eigenvalue weighted by molar-refractivity contribution is 7.47. The lowest BCUT2D eigenvalue weighted by Crippen LogP contribution is -2.30. The summed E-state index contributed by atoms with van der Waals surface area (Å²) in [7, 11) is -9.92. The van der Waals surface area contributed by atoms with E-state index in [1.54, 1.807) is 0 Å². The van der Waals surface area contributed by atoms with Gasteiger partial charge < -0.3 is 33.8 Å². The standard InChI is InChI=1S/C79H154O17P2/c1-9-71(7)57-49-41-33-25-18-13-11-12-14-20-27-37-45-53-61-78(83)95-74(65-89-76(81)59-51-43-35-26-19-16-15-17-23-31-39-47-55-69(3)4)67-93-97(85,86)91-63-73(80)64-92-98(87,88)94-68-75(66-90-77(82)60-52-44-36-30-29-34-42-50-58-72(8)10-2)96-79(84)62-54-46-38-28-22-21-24-32-40-48-56-70(5)6/h69-75,80H,9-68H2,1-8H3,(H,85,86)(H,87,88)/t71?,72?,73-,74-,75-/m1/s1. The SMILES string of the molecule is CCC(C)CCCCCCCCCCCCCCCCC(=O)O[C@H](COC(=O)CCCCCCCCCCCCCCC(C)C)COP(=O)(O)OC[C@@H](O)COP(=O)(O)OC[C@@H](COC(=O)CCCCCCCCCCC(C)CC)OC(=O)CCCCCCCCCCCCC(C)C. The monoisotopic (exact) mass is 1440 g/mol. The lowest BCUT2D eigenvalue weighted by Gasteiger charge is -2.21. The Morgan fingerprint density at radius 1 is 0.286 bits per heavy atom. The summed E-state index contributed by atoms with van der Waals surface area (Å²) >= 11 is 0. The summed E-state index contributed by atoms with van der Waals surface area (Å²) in [5.74, 6) is 1.04. The fraction of sp³-hybridized carbons (Fsp3) is 0.949. The number of rotatable bonds is 76. The zero-order valence-electron chi connectivity index (χ0n) is 64.4. The number of ether oxygens (including phenoxy) is 4. The number of phosphoric ester groups is 2. The molecule has 0 aliphatic carbocycles. The molecule has 0 bridgehead atoms. The van der Waals surface area contributed by atoms with Crippen LogP contribution in [0.25, 0.3) is 0 Å². The maximum atomic E-state index is 13.1. The van der Waals surface area contributed by atoms with Gasteiger partial charge >= 0.3 is 39.5 Å². The van der Waals surface area contributed by atoms with Crippen molar-refractivity contribution >= 4 is 39.5 Å². The highest BCUT2D eigenvalue weighted by Gasteiger charge is 2.30. The van der Waals surface area contributed by atoms with Crippen LogP contribution in [-0.4, -0.2) is 96.7 Å². The van der Waals surface area contributed by atoms with Crippen molar-refractivity contribution in [2.45, 2.75) is 420 Å². The number of unbranched alkanes of at least 4 members (excludes halogenated alkanes) is 40. The molecule has 17 nitrogen and oxygen atoms in total. The van der Waals surface area contributed by atoms with Gasteiger partial charge in [-0.25, -0.2) is 9.13 Å². The molecule has 3 N–H and O–H groups in total. The van der Waals surface area contributed by atoms with Crippen LogP contribution in [0.5, 0.6) is 0 Å². The van der Waals surface area contributed by atoms with Crippen LogP contribution < -0.4 is 0 Å². The maximum absolute atomic E-state index is 13.1. The lowest BCUT2D eigenvalue weighted by molar-refractivity contribution is -0.161. The van der Waals surface area contributed by atoms with Crippen LogP contribution in [0.1, 0.15) is 402 Å². The molecule has 0 amide bonds. The van der Waals surface area contributed by atoms with E-state index in [1.807, 2.05) is 0 Å². The van der Waals surface area contributed by atoms with Crippen LogP contribution in [0.2, 0.25) is 0 Å². The van der Waals surface area contributed by atoms with E-state index in [9.17, 15) is 43.2 Å². The molecule has 98 heavy (non-hydrogen) atoms. The van der Waals surface area contributed by atoms with Gasteiger partial charge in [0.2, 0.25) is 0 Å². The average Bonchev–Trinajstić information content (AvgIpc) is 1.38. The first kappa shape index (κ1) is 96.1. The van der Waals surface area contributed by atoms with Crippen molar-refractivity contribution in [3.8, 4) is 0 Å². The Morgan fingerprint density at radius 2 is 0.490 bits per heavy atom. The molecule has 0 saturated carbocycles. The number of carbonyl (C=O) groups is 4. The first-order valence-electron chi connectivity index (χ1n) is 40.8. The molecule has 0 spiro atoms. The number of aliphatic hydroxyl groups excluding tert-OH is 1. The van der Waals surface area contributed by atoms with Gasteiger partial charge in [-0.15, -0.1) is 0 Å². The Kier molecular flexibility index (Phi) is 66.8. The van der Waals surface area contributed by atoms with E-state index < -0.39 is 97.5 Å². The zero-order chi connectivity index (χ0) is 72.4. The Labute approximate surface area is 600 Å². The second kappa shape index (κ2) is 68.2. The van der Waals surface area contributed by atoms with Gasteiger partial charge in [0.15, 0.2) is 12.2 Å². The van der Waals surface area contributed by atoms with E-state index in [0.29, 0.717) is 25.7 Å². The number of phosphoric acid groups is 2. The summed E-state index contributed by atoms with van der Waals surface area (Å²) in [4.78, 5) is 73.0. The number of hydrogen-bond acceptors (Lipinski definition) is 15. The second-order valence-corrected chi connectivity index (χ2v) is 32.8. The summed E-state index contributed by atoms with van der Waals surface area (Å²) in [6.45, 7) is 14.3. The van der Waals surface area contributed by atoms with Crippen LogP contribution in [0.4, 0.5) is 0 Å². The maximum Gasteiger partial charge on any atom is 0.472 e. The molecule has 0 heterocycles. The fourth-order valence-electron chi connectivity index (χ4n) is 12.0. The Hall–Kier alpha value is -1.94. The summed E-state index contributed by atoms with van der Waals surface area (Å²) in [5, 5.41) is 10.6. The van der Waals surface area contributed by atoms with E-state index in [-0.39, 0.29) is 25.7 Å². The highest BCUT2D eigenvalue weighted by atomic mass is 31.2. The lowest BCUT2D eigenvalue weighted by atomic mass is 9.99. The van der Waals surface area contributed by atoms with Crippen molar-refractivity contribution in [2.24, 2.45) is 23.7 Å². The van der Waals surface area contributed by atoms with Crippen molar-refractivity contribution < 1.29 is 80.2 Å². The highest BCUT2D eigenvalue weighted by Crippen LogP contribution is 2.45. The summed E-state index contributed by atoms with van der Waals surface area (Å²) < 4.78 is 68.7. The average molecular weight is 1440 g/mol. The van der Waals surface area contributed by atoms with E-state index >= 15 is 0 Å². The summed E-state index contributed by atoms with van der Waals surface area (Å²) in [6, 6.07) is 0. The quantitative estimate of drug-likeness (QED) is 0.0222. The first-order chi connectivity index (χ1) is 47.2. The van der Waals surface area contributed by atoms with Gasteiger partial charge in [-0.2, -0.15) is 0 Å².